The molecule has 0 aliphatic heterocycles. The van der Waals surface area contributed by atoms with E-state index >= 15 is 0 Å². The quantitative estimate of drug-likeness (QED) is 0.816. The summed E-state index contributed by atoms with van der Waals surface area (Å²) in [5.41, 5.74) is 10.5. The van der Waals surface area contributed by atoms with E-state index in [-0.39, 0.29) is 5.54 Å². The molecule has 1 aromatic rings. The number of rotatable bonds is 2. The van der Waals surface area contributed by atoms with Gasteiger partial charge < -0.3 is 5.73 Å². The molecule has 0 saturated heterocycles. The fourth-order valence-corrected chi connectivity index (χ4v) is 3.01. The Morgan fingerprint density at radius 1 is 1.06 bits per heavy atom. The van der Waals surface area contributed by atoms with Crippen LogP contribution in [0.5, 0.6) is 0 Å². The van der Waals surface area contributed by atoms with Gasteiger partial charge in [0, 0.05) is 5.54 Å². The molecule has 0 radical (unpaired) electrons. The summed E-state index contributed by atoms with van der Waals surface area (Å²) in [7, 11) is 0. The molecule has 1 heteroatoms. The molecule has 2 rings (SSSR count). The minimum absolute atomic E-state index is 0.154. The maximum atomic E-state index is 6.63. The van der Waals surface area contributed by atoms with Gasteiger partial charge in [0.2, 0.25) is 0 Å². The molecule has 1 aliphatic rings. The Bertz CT molecular complexity index is 387. The first-order valence-corrected chi connectivity index (χ1v) is 6.88. The number of hydrogen-bond acceptors (Lipinski definition) is 1. The van der Waals surface area contributed by atoms with Crippen LogP contribution >= 0.6 is 0 Å². The average molecular weight is 231 g/mol. The van der Waals surface area contributed by atoms with E-state index in [4.69, 9.17) is 5.73 Å². The van der Waals surface area contributed by atoms with E-state index < -0.39 is 0 Å². The summed E-state index contributed by atoms with van der Waals surface area (Å²) in [6, 6.07) is 6.71. The maximum absolute atomic E-state index is 6.63. The van der Waals surface area contributed by atoms with Crippen LogP contribution in [-0.4, -0.2) is 0 Å². The highest BCUT2D eigenvalue weighted by Gasteiger charge is 2.32. The van der Waals surface area contributed by atoms with Gasteiger partial charge in [0.15, 0.2) is 0 Å². The van der Waals surface area contributed by atoms with Crippen LogP contribution in [0.3, 0.4) is 0 Å². The Morgan fingerprint density at radius 2 is 1.71 bits per heavy atom. The van der Waals surface area contributed by atoms with Gasteiger partial charge in [-0.3, -0.25) is 0 Å². The van der Waals surface area contributed by atoms with E-state index in [1.807, 2.05) is 0 Å². The number of aryl methyl sites for hydroxylation is 2. The Kier molecular flexibility index (Phi) is 3.58. The Morgan fingerprint density at radius 3 is 2.29 bits per heavy atom. The fourth-order valence-electron chi connectivity index (χ4n) is 3.01. The third kappa shape index (κ3) is 2.55. The summed E-state index contributed by atoms with van der Waals surface area (Å²) in [6.45, 7) is 6.55. The van der Waals surface area contributed by atoms with Gasteiger partial charge in [-0.05, 0) is 56.2 Å². The highest BCUT2D eigenvalue weighted by Crippen LogP contribution is 2.37. The fraction of sp³-hybridized carbons (Fsp3) is 0.625. The molecule has 1 aromatic carbocycles. The smallest absolute Gasteiger partial charge is 0.0409 e. The summed E-state index contributed by atoms with van der Waals surface area (Å²) in [5, 5.41) is 0. The third-order valence-corrected chi connectivity index (χ3v) is 4.58. The van der Waals surface area contributed by atoms with Crippen LogP contribution in [0.25, 0.3) is 0 Å². The van der Waals surface area contributed by atoms with Crippen molar-refractivity contribution in [3.63, 3.8) is 0 Å². The molecule has 0 amide bonds. The van der Waals surface area contributed by atoms with Crippen LogP contribution in [0.4, 0.5) is 0 Å². The lowest BCUT2D eigenvalue weighted by Crippen LogP contribution is -2.42. The van der Waals surface area contributed by atoms with Gasteiger partial charge >= 0.3 is 0 Å². The maximum Gasteiger partial charge on any atom is 0.0409 e. The standard InChI is InChI=1S/C16H25N/c1-12-9-10-15(11-13(12)2)16(3,17)14-7-5-4-6-8-14/h9-11,14H,4-8,17H2,1-3H3. The van der Waals surface area contributed by atoms with Crippen LogP contribution in [0, 0.1) is 19.8 Å². The van der Waals surface area contributed by atoms with E-state index in [0.717, 1.165) is 0 Å². The van der Waals surface area contributed by atoms with Crippen molar-refractivity contribution in [3.05, 3.63) is 34.9 Å². The lowest BCUT2D eigenvalue weighted by molar-refractivity contribution is 0.224. The predicted octanol–water partition coefficient (Wildman–Crippen LogP) is 4.06. The summed E-state index contributed by atoms with van der Waals surface area (Å²) >= 11 is 0. The molecule has 1 saturated carbocycles. The van der Waals surface area contributed by atoms with Crippen molar-refractivity contribution in [1.29, 1.82) is 0 Å². The van der Waals surface area contributed by atoms with Gasteiger partial charge in [0.25, 0.3) is 0 Å². The molecule has 1 fully saturated rings. The summed E-state index contributed by atoms with van der Waals surface area (Å²) in [6.07, 6.45) is 6.67. The van der Waals surface area contributed by atoms with E-state index in [2.05, 4.69) is 39.0 Å². The topological polar surface area (TPSA) is 26.0 Å². The van der Waals surface area contributed by atoms with Gasteiger partial charge in [-0.25, -0.2) is 0 Å². The van der Waals surface area contributed by atoms with Crippen molar-refractivity contribution in [2.75, 3.05) is 0 Å². The number of nitrogens with two attached hydrogens (primary N) is 1. The molecule has 0 bridgehead atoms. The van der Waals surface area contributed by atoms with Crippen molar-refractivity contribution in [1.82, 2.24) is 0 Å². The van der Waals surface area contributed by atoms with Crippen LogP contribution in [0.2, 0.25) is 0 Å². The molecule has 17 heavy (non-hydrogen) atoms. The first-order chi connectivity index (χ1) is 8.01. The molecular weight excluding hydrogens is 206 g/mol. The monoisotopic (exact) mass is 231 g/mol. The normalized spacial score (nSPS) is 21.2. The number of benzene rings is 1. The van der Waals surface area contributed by atoms with Gasteiger partial charge in [-0.15, -0.1) is 0 Å². The zero-order valence-corrected chi connectivity index (χ0v) is 11.4. The largest absolute Gasteiger partial charge is 0.321 e. The lowest BCUT2D eigenvalue weighted by Gasteiger charge is -2.37. The van der Waals surface area contributed by atoms with Gasteiger partial charge in [-0.1, -0.05) is 37.5 Å². The second-order valence-electron chi connectivity index (χ2n) is 5.92. The Hall–Kier alpha value is -0.820. The van der Waals surface area contributed by atoms with Crippen LogP contribution in [0.15, 0.2) is 18.2 Å². The van der Waals surface area contributed by atoms with Gasteiger partial charge in [0.1, 0.15) is 0 Å². The molecular formula is C16H25N. The Labute approximate surface area is 105 Å². The van der Waals surface area contributed by atoms with Gasteiger partial charge in [-0.2, -0.15) is 0 Å². The van der Waals surface area contributed by atoms with Crippen molar-refractivity contribution in [2.24, 2.45) is 11.7 Å². The molecule has 1 atom stereocenters. The molecule has 1 unspecified atom stereocenters. The molecule has 1 nitrogen and oxygen atoms in total. The van der Waals surface area contributed by atoms with Crippen LogP contribution in [-0.2, 0) is 5.54 Å². The summed E-state index contributed by atoms with van der Waals surface area (Å²) in [4.78, 5) is 0. The zero-order chi connectivity index (χ0) is 12.5. The average Bonchev–Trinajstić information content (AvgIpc) is 2.33. The molecule has 0 heterocycles. The van der Waals surface area contributed by atoms with E-state index in [1.54, 1.807) is 0 Å². The molecule has 2 N–H and O–H groups in total. The SMILES string of the molecule is Cc1ccc(C(C)(N)C2CCCCC2)cc1C. The van der Waals surface area contributed by atoms with Crippen LogP contribution < -0.4 is 5.73 Å². The third-order valence-electron chi connectivity index (χ3n) is 4.58. The van der Waals surface area contributed by atoms with Crippen molar-refractivity contribution in [3.8, 4) is 0 Å². The Balaban J connectivity index is 2.26. The lowest BCUT2D eigenvalue weighted by atomic mass is 9.72. The number of hydrogen-bond donors (Lipinski definition) is 1. The first-order valence-electron chi connectivity index (χ1n) is 6.88. The minimum Gasteiger partial charge on any atom is -0.321 e. The van der Waals surface area contributed by atoms with E-state index in [0.29, 0.717) is 5.92 Å². The van der Waals surface area contributed by atoms with Crippen molar-refractivity contribution < 1.29 is 0 Å². The van der Waals surface area contributed by atoms with Crippen molar-refractivity contribution in [2.45, 2.75) is 58.4 Å². The highest BCUT2D eigenvalue weighted by molar-refractivity contribution is 5.34. The summed E-state index contributed by atoms with van der Waals surface area (Å²) < 4.78 is 0. The first kappa shape index (κ1) is 12.6. The van der Waals surface area contributed by atoms with Crippen molar-refractivity contribution >= 4 is 0 Å². The zero-order valence-electron chi connectivity index (χ0n) is 11.4. The predicted molar refractivity (Wildman–Crippen MR) is 74.0 cm³/mol. The molecule has 0 spiro atoms. The van der Waals surface area contributed by atoms with E-state index in [1.165, 1.54) is 48.8 Å². The second kappa shape index (κ2) is 4.81. The van der Waals surface area contributed by atoms with Gasteiger partial charge in [0.05, 0.1) is 0 Å². The van der Waals surface area contributed by atoms with Crippen LogP contribution in [0.1, 0.15) is 55.7 Å². The summed E-state index contributed by atoms with van der Waals surface area (Å²) in [5.74, 6) is 0.651. The second-order valence-corrected chi connectivity index (χ2v) is 5.92. The molecule has 1 aliphatic carbocycles. The molecule has 94 valence electrons. The minimum atomic E-state index is -0.154. The highest BCUT2D eigenvalue weighted by atomic mass is 14.7. The molecule has 0 aromatic heterocycles. The van der Waals surface area contributed by atoms with E-state index in [9.17, 15) is 0 Å².